The Bertz CT molecular complexity index is 1590. The fourth-order valence-corrected chi connectivity index (χ4v) is 5.31. The number of aromatic nitrogens is 4. The normalized spacial score (nSPS) is 14.8. The maximum Gasteiger partial charge on any atom is 0.221 e. The Morgan fingerprint density at radius 1 is 1.15 bits per heavy atom. The van der Waals surface area contributed by atoms with E-state index in [1.807, 2.05) is 30.9 Å². The van der Waals surface area contributed by atoms with Crippen LogP contribution in [-0.2, 0) is 19.9 Å². The predicted molar refractivity (Wildman–Crippen MR) is 153 cm³/mol. The number of allylic oxidation sites excluding steroid dienone is 1. The highest BCUT2D eigenvalue weighted by atomic mass is 16.5. The highest BCUT2D eigenvalue weighted by Crippen LogP contribution is 2.37. The van der Waals surface area contributed by atoms with Crippen LogP contribution in [0.1, 0.15) is 50.0 Å². The average molecular weight is 540 g/mol. The summed E-state index contributed by atoms with van der Waals surface area (Å²) >= 11 is 0. The monoisotopic (exact) mass is 539 g/mol. The minimum Gasteiger partial charge on any atom is -0.493 e. The van der Waals surface area contributed by atoms with Crippen molar-refractivity contribution in [1.29, 1.82) is 0 Å². The Labute approximate surface area is 233 Å². The van der Waals surface area contributed by atoms with Gasteiger partial charge in [-0.1, -0.05) is 24.3 Å². The third kappa shape index (κ3) is 5.20. The smallest absolute Gasteiger partial charge is 0.221 e. The lowest BCUT2D eigenvalue weighted by Gasteiger charge is -2.36. The summed E-state index contributed by atoms with van der Waals surface area (Å²) in [6.45, 7) is 2.74. The molecule has 0 amide bonds. The molecule has 0 spiro atoms. The van der Waals surface area contributed by atoms with Gasteiger partial charge in [0, 0.05) is 44.0 Å². The number of hydrogen-bond donors (Lipinski definition) is 2. The summed E-state index contributed by atoms with van der Waals surface area (Å²) in [4.78, 5) is 24.0. The Kier molecular flexibility index (Phi) is 7.41. The van der Waals surface area contributed by atoms with E-state index in [-0.39, 0.29) is 23.6 Å². The van der Waals surface area contributed by atoms with Crippen LogP contribution >= 0.6 is 0 Å². The molecular weight excluding hydrogens is 506 g/mol. The first-order chi connectivity index (χ1) is 19.3. The molecule has 0 bridgehead atoms. The molecule has 0 saturated heterocycles. The molecule has 2 aromatic carbocycles. The number of nitrogen functional groups attached to an aromatic ring is 2. The van der Waals surface area contributed by atoms with Gasteiger partial charge in [-0.2, -0.15) is 10.1 Å². The standard InChI is InChI=1S/C30H33N7O3/c1-18-13-24(36(2)35-18)27-22-8-6-5-7-20(22)9-11-37(27)12-10-25(38)23-15-19(16-26(39-3)28(23)40-4)14-21-17-33-30(32)34-29(21)31/h5-8,10,12-13,15-17,27H,9,11,14H2,1-4H3,(H4,31,32,33,34)/b12-10+. The number of carbonyl (C=O) groups is 1. The highest BCUT2D eigenvalue weighted by Gasteiger charge is 2.29. The summed E-state index contributed by atoms with van der Waals surface area (Å²) in [5.41, 5.74) is 18.1. The van der Waals surface area contributed by atoms with Crippen LogP contribution < -0.4 is 20.9 Å². The maximum absolute atomic E-state index is 13.7. The van der Waals surface area contributed by atoms with Crippen LogP contribution in [0.2, 0.25) is 0 Å². The van der Waals surface area contributed by atoms with Crippen molar-refractivity contribution in [1.82, 2.24) is 24.6 Å². The maximum atomic E-state index is 13.7. The van der Waals surface area contributed by atoms with Crippen molar-refractivity contribution in [3.63, 3.8) is 0 Å². The van der Waals surface area contributed by atoms with Gasteiger partial charge in [0.1, 0.15) is 5.82 Å². The SMILES string of the molecule is COc1cc(Cc2cnc(N)nc2N)cc(C(=O)/C=C/N2CCc3ccccc3C2c2cc(C)nn2C)c1OC. The molecule has 5 rings (SSSR count). The van der Waals surface area contributed by atoms with E-state index >= 15 is 0 Å². The zero-order valence-electron chi connectivity index (χ0n) is 23.1. The third-order valence-corrected chi connectivity index (χ3v) is 7.17. The van der Waals surface area contributed by atoms with Crippen LogP contribution in [0.25, 0.3) is 0 Å². The lowest BCUT2D eigenvalue weighted by molar-refractivity contribution is 0.104. The number of fused-ring (bicyclic) bond motifs is 1. The lowest BCUT2D eigenvalue weighted by Crippen LogP contribution is -2.33. The molecule has 1 atom stereocenters. The fraction of sp³-hybridized carbons (Fsp3) is 0.267. The van der Waals surface area contributed by atoms with E-state index in [9.17, 15) is 4.79 Å². The molecule has 1 unspecified atom stereocenters. The van der Waals surface area contributed by atoms with Crippen LogP contribution in [0.3, 0.4) is 0 Å². The van der Waals surface area contributed by atoms with Gasteiger partial charge in [-0.15, -0.1) is 0 Å². The molecular formula is C30H33N7O3. The van der Waals surface area contributed by atoms with Crippen LogP contribution in [-0.4, -0.2) is 51.2 Å². The predicted octanol–water partition coefficient (Wildman–Crippen LogP) is 3.64. The molecule has 0 fully saturated rings. The Morgan fingerprint density at radius 3 is 2.65 bits per heavy atom. The first-order valence-electron chi connectivity index (χ1n) is 13.0. The second kappa shape index (κ2) is 11.1. The summed E-state index contributed by atoms with van der Waals surface area (Å²) < 4.78 is 13.1. The molecule has 1 aliphatic rings. The van der Waals surface area contributed by atoms with Crippen molar-refractivity contribution in [2.45, 2.75) is 25.8 Å². The minimum atomic E-state index is -0.211. The molecule has 206 valence electrons. The first-order valence-corrected chi connectivity index (χ1v) is 13.0. The van der Waals surface area contributed by atoms with Gasteiger partial charge in [-0.3, -0.25) is 9.48 Å². The number of aryl methyl sites for hydroxylation is 2. The zero-order valence-corrected chi connectivity index (χ0v) is 23.1. The summed E-state index contributed by atoms with van der Waals surface area (Å²) in [7, 11) is 5.01. The van der Waals surface area contributed by atoms with Crippen LogP contribution in [0.5, 0.6) is 11.5 Å². The molecule has 0 saturated carbocycles. The van der Waals surface area contributed by atoms with Crippen molar-refractivity contribution < 1.29 is 14.3 Å². The Balaban J connectivity index is 1.49. The second-order valence-electron chi connectivity index (χ2n) is 9.80. The fourth-order valence-electron chi connectivity index (χ4n) is 5.31. The van der Waals surface area contributed by atoms with Gasteiger partial charge in [-0.05, 0) is 48.2 Å². The molecule has 4 N–H and O–H groups in total. The third-order valence-electron chi connectivity index (χ3n) is 7.17. The Morgan fingerprint density at radius 2 is 1.95 bits per heavy atom. The number of carbonyl (C=O) groups excluding carboxylic acids is 1. The molecule has 10 heteroatoms. The number of benzene rings is 2. The van der Waals surface area contributed by atoms with E-state index in [2.05, 4.69) is 50.3 Å². The van der Waals surface area contributed by atoms with E-state index < -0.39 is 0 Å². The number of ether oxygens (including phenoxy) is 2. The van der Waals surface area contributed by atoms with E-state index in [1.165, 1.54) is 25.3 Å². The molecule has 40 heavy (non-hydrogen) atoms. The van der Waals surface area contributed by atoms with E-state index in [1.54, 1.807) is 18.3 Å². The summed E-state index contributed by atoms with van der Waals surface area (Å²) in [5.74, 6) is 0.996. The molecule has 10 nitrogen and oxygen atoms in total. The lowest BCUT2D eigenvalue weighted by atomic mass is 9.90. The van der Waals surface area contributed by atoms with Gasteiger partial charge in [0.15, 0.2) is 17.3 Å². The minimum absolute atomic E-state index is 0.0727. The van der Waals surface area contributed by atoms with Gasteiger partial charge < -0.3 is 25.8 Å². The van der Waals surface area contributed by atoms with Crippen molar-refractivity contribution in [3.05, 3.63) is 100 Å². The summed E-state index contributed by atoms with van der Waals surface area (Å²) in [6.07, 6.45) is 6.31. The highest BCUT2D eigenvalue weighted by molar-refractivity contribution is 6.07. The summed E-state index contributed by atoms with van der Waals surface area (Å²) in [6, 6.07) is 14.1. The van der Waals surface area contributed by atoms with E-state index in [0.717, 1.165) is 29.9 Å². The van der Waals surface area contributed by atoms with Crippen molar-refractivity contribution in [2.24, 2.45) is 7.05 Å². The Hall–Kier alpha value is -4.86. The van der Waals surface area contributed by atoms with Gasteiger partial charge >= 0.3 is 0 Å². The average Bonchev–Trinajstić information content (AvgIpc) is 3.29. The quantitative estimate of drug-likeness (QED) is 0.254. The van der Waals surface area contributed by atoms with Crippen LogP contribution in [0.4, 0.5) is 11.8 Å². The molecule has 4 aromatic rings. The number of methoxy groups -OCH3 is 2. The number of hydrogen-bond acceptors (Lipinski definition) is 9. The van der Waals surface area contributed by atoms with E-state index in [0.29, 0.717) is 29.0 Å². The van der Waals surface area contributed by atoms with Crippen molar-refractivity contribution >= 4 is 17.5 Å². The van der Waals surface area contributed by atoms with Gasteiger partial charge in [0.25, 0.3) is 0 Å². The number of ketones is 1. The van der Waals surface area contributed by atoms with Crippen molar-refractivity contribution in [2.75, 3.05) is 32.2 Å². The van der Waals surface area contributed by atoms with Crippen molar-refractivity contribution in [3.8, 4) is 11.5 Å². The largest absolute Gasteiger partial charge is 0.493 e. The molecule has 2 aromatic heterocycles. The number of rotatable bonds is 8. The van der Waals surface area contributed by atoms with E-state index in [4.69, 9.17) is 20.9 Å². The van der Waals surface area contributed by atoms with Gasteiger partial charge in [0.2, 0.25) is 5.95 Å². The van der Waals surface area contributed by atoms with Gasteiger partial charge in [0.05, 0.1) is 37.2 Å². The van der Waals surface area contributed by atoms with Crippen LogP contribution in [0.15, 0.2) is 60.9 Å². The van der Waals surface area contributed by atoms with Gasteiger partial charge in [-0.25, -0.2) is 4.98 Å². The van der Waals surface area contributed by atoms with Crippen LogP contribution in [0, 0.1) is 6.92 Å². The second-order valence-corrected chi connectivity index (χ2v) is 9.80. The molecule has 3 heterocycles. The number of anilines is 2. The zero-order chi connectivity index (χ0) is 28.4. The first kappa shape index (κ1) is 26.7. The topological polar surface area (TPSA) is 134 Å². The molecule has 0 radical (unpaired) electrons. The number of nitrogens with zero attached hydrogens (tertiary/aromatic N) is 5. The molecule has 0 aliphatic carbocycles. The molecule has 1 aliphatic heterocycles. The summed E-state index contributed by atoms with van der Waals surface area (Å²) in [5, 5.41) is 4.58. The number of nitrogens with two attached hydrogens (primary N) is 2.